The summed E-state index contributed by atoms with van der Waals surface area (Å²) in [5.74, 6) is -1.73. The second-order valence-electron chi connectivity index (χ2n) is 6.30. The van der Waals surface area contributed by atoms with Crippen molar-refractivity contribution >= 4 is 11.9 Å². The van der Waals surface area contributed by atoms with Crippen molar-refractivity contribution in [3.05, 3.63) is 41.9 Å². The first-order chi connectivity index (χ1) is 13.2. The summed E-state index contributed by atoms with van der Waals surface area (Å²) in [5, 5.41) is 13.0. The molecule has 11 heteroatoms. The number of hydrogen-bond acceptors (Lipinski definition) is 5. The molecule has 0 unspecified atom stereocenters. The number of carboxylic acids is 1. The zero-order valence-corrected chi connectivity index (χ0v) is 14.6. The van der Waals surface area contributed by atoms with Crippen LogP contribution in [-0.2, 0) is 0 Å². The second-order valence-corrected chi connectivity index (χ2v) is 6.30. The van der Waals surface area contributed by atoms with E-state index in [1.54, 1.807) is 9.58 Å². The highest BCUT2D eigenvalue weighted by molar-refractivity contribution is 5.92. The third-order valence-electron chi connectivity index (χ3n) is 4.30. The van der Waals surface area contributed by atoms with Crippen LogP contribution in [0.25, 0.3) is 0 Å². The van der Waals surface area contributed by atoms with Gasteiger partial charge in [0.15, 0.2) is 6.61 Å². The van der Waals surface area contributed by atoms with Gasteiger partial charge in [0, 0.05) is 25.4 Å². The molecule has 2 aromatic rings. The molecule has 0 aromatic carbocycles. The maximum absolute atomic E-state index is 12.6. The minimum Gasteiger partial charge on any atom is -0.478 e. The Hall–Kier alpha value is -3.11. The SMILES string of the molecule is O=C(O)c1cnn(C2CCN(C(=O)c3cccc(OCC(F)(F)F)n3)CC2)c1. The number of hydrogen-bond donors (Lipinski definition) is 1. The maximum Gasteiger partial charge on any atom is 0.422 e. The molecule has 1 fully saturated rings. The van der Waals surface area contributed by atoms with Gasteiger partial charge in [-0.3, -0.25) is 9.48 Å². The zero-order chi connectivity index (χ0) is 20.3. The first kappa shape index (κ1) is 19.6. The lowest BCUT2D eigenvalue weighted by Crippen LogP contribution is -2.39. The summed E-state index contributed by atoms with van der Waals surface area (Å²) in [4.78, 5) is 28.9. The number of amides is 1. The van der Waals surface area contributed by atoms with Crippen molar-refractivity contribution < 1.29 is 32.6 Å². The minimum atomic E-state index is -4.49. The molecule has 1 N–H and O–H groups in total. The quantitative estimate of drug-likeness (QED) is 0.831. The maximum atomic E-state index is 12.6. The van der Waals surface area contributed by atoms with E-state index in [4.69, 9.17) is 5.11 Å². The van der Waals surface area contributed by atoms with Crippen LogP contribution in [0.15, 0.2) is 30.6 Å². The summed E-state index contributed by atoms with van der Waals surface area (Å²) in [6.45, 7) is -0.701. The molecule has 0 radical (unpaired) electrons. The first-order valence-corrected chi connectivity index (χ1v) is 8.46. The second kappa shape index (κ2) is 7.87. The smallest absolute Gasteiger partial charge is 0.422 e. The Morgan fingerprint density at radius 3 is 2.57 bits per heavy atom. The Morgan fingerprint density at radius 2 is 1.96 bits per heavy atom. The first-order valence-electron chi connectivity index (χ1n) is 8.46. The summed E-state index contributed by atoms with van der Waals surface area (Å²) in [6, 6.07) is 4.05. The number of piperidine rings is 1. The molecule has 0 saturated carbocycles. The molecular formula is C17H17F3N4O4. The minimum absolute atomic E-state index is 0.00498. The molecule has 2 aromatic heterocycles. The molecular weight excluding hydrogens is 381 g/mol. The number of pyridine rings is 1. The van der Waals surface area contributed by atoms with Gasteiger partial charge >= 0.3 is 12.1 Å². The lowest BCUT2D eigenvalue weighted by Gasteiger charge is -2.31. The largest absolute Gasteiger partial charge is 0.478 e. The van der Waals surface area contributed by atoms with E-state index in [9.17, 15) is 22.8 Å². The standard InChI is InChI=1S/C17H17F3N4O4/c18-17(19,20)10-28-14-3-1-2-13(22-14)15(25)23-6-4-12(5-7-23)24-9-11(8-21-24)16(26)27/h1-3,8-9,12H,4-7,10H2,(H,26,27). The fourth-order valence-electron chi connectivity index (χ4n) is 2.91. The summed E-state index contributed by atoms with van der Waals surface area (Å²) in [5.41, 5.74) is 0.101. The summed E-state index contributed by atoms with van der Waals surface area (Å²) in [6.07, 6.45) is -0.631. The highest BCUT2D eigenvalue weighted by atomic mass is 19.4. The van der Waals surface area contributed by atoms with Crippen LogP contribution in [0.3, 0.4) is 0 Å². The van der Waals surface area contributed by atoms with E-state index >= 15 is 0 Å². The molecule has 0 spiro atoms. The van der Waals surface area contributed by atoms with E-state index in [1.165, 1.54) is 30.6 Å². The molecule has 3 rings (SSSR count). The lowest BCUT2D eigenvalue weighted by molar-refractivity contribution is -0.154. The summed E-state index contributed by atoms with van der Waals surface area (Å²) >= 11 is 0. The number of carboxylic acid groups (broad SMARTS) is 1. The average Bonchev–Trinajstić information content (AvgIpc) is 3.16. The van der Waals surface area contributed by atoms with Crippen molar-refractivity contribution in [3.63, 3.8) is 0 Å². The molecule has 3 heterocycles. The third-order valence-corrected chi connectivity index (χ3v) is 4.30. The number of aromatic carboxylic acids is 1. The fraction of sp³-hybridized carbons (Fsp3) is 0.412. The van der Waals surface area contributed by atoms with Crippen LogP contribution in [0.5, 0.6) is 5.88 Å². The van der Waals surface area contributed by atoms with Gasteiger partial charge in [0.1, 0.15) is 5.69 Å². The van der Waals surface area contributed by atoms with Crippen LogP contribution in [0.1, 0.15) is 39.7 Å². The number of carbonyl (C=O) groups excluding carboxylic acids is 1. The summed E-state index contributed by atoms with van der Waals surface area (Å²) < 4.78 is 42.9. The van der Waals surface area contributed by atoms with Crippen molar-refractivity contribution in [2.45, 2.75) is 25.1 Å². The topological polar surface area (TPSA) is 97.6 Å². The van der Waals surface area contributed by atoms with E-state index < -0.39 is 24.7 Å². The van der Waals surface area contributed by atoms with E-state index in [0.717, 1.165) is 0 Å². The Morgan fingerprint density at radius 1 is 1.25 bits per heavy atom. The molecule has 1 aliphatic heterocycles. The average molecular weight is 398 g/mol. The van der Waals surface area contributed by atoms with Gasteiger partial charge in [0.2, 0.25) is 5.88 Å². The third kappa shape index (κ3) is 4.78. The number of halogens is 3. The van der Waals surface area contributed by atoms with E-state index in [0.29, 0.717) is 25.9 Å². The summed E-state index contributed by atoms with van der Waals surface area (Å²) in [7, 11) is 0. The molecule has 1 saturated heterocycles. The van der Waals surface area contributed by atoms with Crippen molar-refractivity contribution in [1.29, 1.82) is 0 Å². The number of ether oxygens (including phenoxy) is 1. The zero-order valence-electron chi connectivity index (χ0n) is 14.6. The Bertz CT molecular complexity index is 860. The number of likely N-dealkylation sites (tertiary alicyclic amines) is 1. The van der Waals surface area contributed by atoms with Gasteiger partial charge in [-0.05, 0) is 18.9 Å². The molecule has 1 amide bonds. The molecule has 0 bridgehead atoms. The van der Waals surface area contributed by atoms with Gasteiger partial charge < -0.3 is 14.7 Å². The van der Waals surface area contributed by atoms with Gasteiger partial charge in [0.05, 0.1) is 17.8 Å². The van der Waals surface area contributed by atoms with Crippen molar-refractivity contribution in [3.8, 4) is 5.88 Å². The molecule has 1 aliphatic rings. The van der Waals surface area contributed by atoms with Gasteiger partial charge in [-0.1, -0.05) is 6.07 Å². The number of carbonyl (C=O) groups is 2. The molecule has 0 atom stereocenters. The number of alkyl halides is 3. The highest BCUT2D eigenvalue weighted by Crippen LogP contribution is 2.24. The number of aromatic nitrogens is 3. The van der Waals surface area contributed by atoms with E-state index in [-0.39, 0.29) is 23.2 Å². The monoisotopic (exact) mass is 398 g/mol. The van der Waals surface area contributed by atoms with Crippen molar-refractivity contribution in [1.82, 2.24) is 19.7 Å². The molecule has 0 aliphatic carbocycles. The van der Waals surface area contributed by atoms with E-state index in [1.807, 2.05) is 0 Å². The lowest BCUT2D eigenvalue weighted by atomic mass is 10.0. The van der Waals surface area contributed by atoms with Gasteiger partial charge in [-0.2, -0.15) is 18.3 Å². The molecule has 150 valence electrons. The fourth-order valence-corrected chi connectivity index (χ4v) is 2.91. The van der Waals surface area contributed by atoms with Crippen LogP contribution in [-0.4, -0.2) is 62.5 Å². The Labute approximate surface area is 157 Å². The van der Waals surface area contributed by atoms with Crippen LogP contribution < -0.4 is 4.74 Å². The number of nitrogens with zero attached hydrogens (tertiary/aromatic N) is 4. The molecule has 8 nitrogen and oxygen atoms in total. The highest BCUT2D eigenvalue weighted by Gasteiger charge is 2.29. The van der Waals surface area contributed by atoms with Crippen LogP contribution in [0.2, 0.25) is 0 Å². The van der Waals surface area contributed by atoms with Crippen molar-refractivity contribution in [2.24, 2.45) is 0 Å². The van der Waals surface area contributed by atoms with Gasteiger partial charge in [-0.25, -0.2) is 9.78 Å². The van der Waals surface area contributed by atoms with Crippen molar-refractivity contribution in [2.75, 3.05) is 19.7 Å². The predicted molar refractivity (Wildman–Crippen MR) is 89.1 cm³/mol. The molecule has 28 heavy (non-hydrogen) atoms. The van der Waals surface area contributed by atoms with E-state index in [2.05, 4.69) is 14.8 Å². The van der Waals surface area contributed by atoms with Gasteiger partial charge in [0.25, 0.3) is 5.91 Å². The Balaban J connectivity index is 1.59. The van der Waals surface area contributed by atoms with Crippen LogP contribution in [0, 0.1) is 0 Å². The van der Waals surface area contributed by atoms with Crippen LogP contribution >= 0.6 is 0 Å². The van der Waals surface area contributed by atoms with Gasteiger partial charge in [-0.15, -0.1) is 0 Å². The van der Waals surface area contributed by atoms with Crippen LogP contribution in [0.4, 0.5) is 13.2 Å². The normalized spacial score (nSPS) is 15.5. The number of rotatable bonds is 5. The predicted octanol–water partition coefficient (Wildman–Crippen LogP) is 2.39. The Kier molecular flexibility index (Phi) is 5.52.